The topological polar surface area (TPSA) is 72.2 Å². The van der Waals surface area contributed by atoms with E-state index in [0.717, 1.165) is 0 Å². The number of sulfonamides is 1. The number of hydrogen-bond donors (Lipinski definition) is 2. The van der Waals surface area contributed by atoms with Crippen LogP contribution in [0.25, 0.3) is 0 Å². The van der Waals surface area contributed by atoms with Gasteiger partial charge in [0.05, 0.1) is 5.02 Å². The lowest BCUT2D eigenvalue weighted by atomic mass is 9.82. The largest absolute Gasteiger partial charge is 0.326 e. The Morgan fingerprint density at radius 2 is 1.86 bits per heavy atom. The summed E-state index contributed by atoms with van der Waals surface area (Å²) in [6.07, 6.45) is 0. The fourth-order valence-electron chi connectivity index (χ4n) is 1.58. The first-order valence-electron chi connectivity index (χ1n) is 6.66. The van der Waals surface area contributed by atoms with Gasteiger partial charge in [-0.25, -0.2) is 13.1 Å². The maximum Gasteiger partial charge on any atom is 0.242 e. The van der Waals surface area contributed by atoms with Crippen molar-refractivity contribution in [2.24, 2.45) is 17.1 Å². The molecule has 0 aliphatic heterocycles. The molecule has 21 heavy (non-hydrogen) atoms. The number of rotatable bonds is 5. The van der Waals surface area contributed by atoms with Gasteiger partial charge in [0.2, 0.25) is 10.0 Å². The molecule has 0 aliphatic rings. The predicted molar refractivity (Wildman–Crippen MR) is 88.2 cm³/mol. The molecule has 0 saturated carbocycles. The molecule has 0 radical (unpaired) electrons. The highest BCUT2D eigenvalue weighted by Gasteiger charge is 2.25. The molecular formula is C14H22Cl2N2O2S. The zero-order valence-electron chi connectivity index (χ0n) is 12.7. The molecule has 0 amide bonds. The van der Waals surface area contributed by atoms with Gasteiger partial charge in [-0.1, -0.05) is 50.9 Å². The molecular weight excluding hydrogens is 331 g/mol. The fraction of sp³-hybridized carbons (Fsp3) is 0.571. The van der Waals surface area contributed by atoms with Crippen LogP contribution in [0.4, 0.5) is 0 Å². The van der Waals surface area contributed by atoms with Crippen molar-refractivity contribution in [2.75, 3.05) is 6.54 Å². The molecule has 1 unspecified atom stereocenters. The third-order valence-corrected chi connectivity index (χ3v) is 5.87. The Morgan fingerprint density at radius 3 is 2.33 bits per heavy atom. The van der Waals surface area contributed by atoms with E-state index in [4.69, 9.17) is 28.9 Å². The Kier molecular flexibility index (Phi) is 6.09. The first kappa shape index (κ1) is 18.7. The van der Waals surface area contributed by atoms with Crippen LogP contribution >= 0.6 is 23.2 Å². The van der Waals surface area contributed by atoms with Crippen LogP contribution in [0.1, 0.15) is 33.3 Å². The van der Waals surface area contributed by atoms with E-state index >= 15 is 0 Å². The van der Waals surface area contributed by atoms with E-state index in [2.05, 4.69) is 25.5 Å². The summed E-state index contributed by atoms with van der Waals surface area (Å²) in [6.45, 7) is 8.63. The van der Waals surface area contributed by atoms with Gasteiger partial charge in [-0.15, -0.1) is 0 Å². The van der Waals surface area contributed by atoms with Crippen molar-refractivity contribution in [1.29, 1.82) is 0 Å². The van der Waals surface area contributed by atoms with E-state index in [1.54, 1.807) is 6.07 Å². The average Bonchev–Trinajstić information content (AvgIpc) is 2.36. The second kappa shape index (κ2) is 6.84. The molecule has 0 saturated heterocycles. The first-order chi connectivity index (χ1) is 9.49. The lowest BCUT2D eigenvalue weighted by molar-refractivity contribution is 0.263. The van der Waals surface area contributed by atoms with Crippen LogP contribution < -0.4 is 10.5 Å². The van der Waals surface area contributed by atoms with E-state index in [1.165, 1.54) is 6.07 Å². The van der Waals surface area contributed by atoms with Crippen molar-refractivity contribution in [3.8, 4) is 0 Å². The minimum atomic E-state index is -3.72. The Morgan fingerprint density at radius 1 is 1.29 bits per heavy atom. The van der Waals surface area contributed by atoms with Crippen LogP contribution in [0.3, 0.4) is 0 Å². The molecule has 1 aromatic rings. The van der Waals surface area contributed by atoms with E-state index in [-0.39, 0.29) is 27.8 Å². The number of halogens is 2. The third kappa shape index (κ3) is 4.83. The minimum absolute atomic E-state index is 0.00304. The van der Waals surface area contributed by atoms with Crippen LogP contribution in [0.5, 0.6) is 0 Å². The van der Waals surface area contributed by atoms with E-state index in [1.807, 2.05) is 6.92 Å². The Bertz CT molecular complexity index is 610. The summed E-state index contributed by atoms with van der Waals surface area (Å²) in [5.74, 6) is 0.166. The monoisotopic (exact) mass is 352 g/mol. The average molecular weight is 353 g/mol. The third-order valence-electron chi connectivity index (χ3n) is 3.65. The summed E-state index contributed by atoms with van der Waals surface area (Å²) >= 11 is 12.0. The molecule has 0 fully saturated rings. The van der Waals surface area contributed by atoms with Gasteiger partial charge >= 0.3 is 0 Å². The number of nitrogens with two attached hydrogens (primary N) is 1. The molecule has 1 aromatic carbocycles. The van der Waals surface area contributed by atoms with Gasteiger partial charge in [-0.2, -0.15) is 0 Å². The SMILES string of the molecule is CC(CNS(=O)(=O)c1cc(Cl)cc(CN)c1Cl)C(C)(C)C. The van der Waals surface area contributed by atoms with Crippen LogP contribution in [0, 0.1) is 11.3 Å². The van der Waals surface area contributed by atoms with E-state index in [9.17, 15) is 8.42 Å². The van der Waals surface area contributed by atoms with Gasteiger partial charge in [0.15, 0.2) is 0 Å². The predicted octanol–water partition coefficient (Wildman–Crippen LogP) is 3.41. The summed E-state index contributed by atoms with van der Waals surface area (Å²) in [4.78, 5) is -0.0294. The number of hydrogen-bond acceptors (Lipinski definition) is 3. The lowest BCUT2D eigenvalue weighted by Gasteiger charge is -2.27. The second-order valence-corrected chi connectivity index (χ2v) is 8.75. The highest BCUT2D eigenvalue weighted by atomic mass is 35.5. The van der Waals surface area contributed by atoms with Gasteiger partial charge in [0.1, 0.15) is 4.90 Å². The van der Waals surface area contributed by atoms with E-state index in [0.29, 0.717) is 17.1 Å². The van der Waals surface area contributed by atoms with Gasteiger partial charge < -0.3 is 5.73 Å². The van der Waals surface area contributed by atoms with Gasteiger partial charge in [0.25, 0.3) is 0 Å². The normalized spacial score (nSPS) is 14.2. The molecule has 3 N–H and O–H groups in total. The highest BCUT2D eigenvalue weighted by molar-refractivity contribution is 7.89. The quantitative estimate of drug-likeness (QED) is 0.852. The second-order valence-electron chi connectivity index (χ2n) is 6.20. The molecule has 7 heteroatoms. The Balaban J connectivity index is 3.07. The van der Waals surface area contributed by atoms with Crippen molar-refractivity contribution in [3.05, 3.63) is 27.7 Å². The standard InChI is InChI=1S/C14H22Cl2N2O2S/c1-9(14(2,3)4)8-18-21(19,20)12-6-11(15)5-10(7-17)13(12)16/h5-6,9,18H,7-8,17H2,1-4H3. The van der Waals surface area contributed by atoms with Gasteiger partial charge in [-0.3, -0.25) is 0 Å². The van der Waals surface area contributed by atoms with Crippen LogP contribution in [0.2, 0.25) is 10.0 Å². The Hall–Kier alpha value is -0.330. The fourth-order valence-corrected chi connectivity index (χ4v) is 3.65. The first-order valence-corrected chi connectivity index (χ1v) is 8.90. The van der Waals surface area contributed by atoms with Crippen LogP contribution in [-0.4, -0.2) is 15.0 Å². The number of benzene rings is 1. The molecule has 0 aromatic heterocycles. The molecule has 1 rings (SSSR count). The zero-order valence-corrected chi connectivity index (χ0v) is 15.0. The van der Waals surface area contributed by atoms with E-state index < -0.39 is 10.0 Å². The minimum Gasteiger partial charge on any atom is -0.326 e. The van der Waals surface area contributed by atoms with Crippen molar-refractivity contribution < 1.29 is 8.42 Å². The summed E-state index contributed by atoms with van der Waals surface area (Å²) in [5.41, 5.74) is 6.06. The van der Waals surface area contributed by atoms with Crippen LogP contribution in [0.15, 0.2) is 17.0 Å². The summed E-state index contributed by atoms with van der Waals surface area (Å²) in [6, 6.07) is 2.91. The van der Waals surface area contributed by atoms with Crippen molar-refractivity contribution in [1.82, 2.24) is 4.72 Å². The maximum atomic E-state index is 12.4. The molecule has 0 aliphatic carbocycles. The summed E-state index contributed by atoms with van der Waals surface area (Å²) in [7, 11) is -3.72. The molecule has 1 atom stereocenters. The summed E-state index contributed by atoms with van der Waals surface area (Å²) < 4.78 is 27.4. The smallest absolute Gasteiger partial charge is 0.242 e. The molecule has 4 nitrogen and oxygen atoms in total. The number of nitrogens with one attached hydrogen (secondary N) is 1. The van der Waals surface area contributed by atoms with Crippen molar-refractivity contribution in [2.45, 2.75) is 39.1 Å². The molecule has 0 heterocycles. The maximum absolute atomic E-state index is 12.4. The van der Waals surface area contributed by atoms with Crippen molar-refractivity contribution in [3.63, 3.8) is 0 Å². The van der Waals surface area contributed by atoms with Gasteiger partial charge in [0, 0.05) is 18.1 Å². The van der Waals surface area contributed by atoms with Crippen molar-refractivity contribution >= 4 is 33.2 Å². The highest BCUT2D eigenvalue weighted by Crippen LogP contribution is 2.30. The van der Waals surface area contributed by atoms with Gasteiger partial charge in [-0.05, 0) is 29.0 Å². The summed E-state index contributed by atoms with van der Waals surface area (Å²) in [5, 5.41) is 0.418. The molecule has 0 bridgehead atoms. The molecule has 120 valence electrons. The van der Waals surface area contributed by atoms with Crippen LogP contribution in [-0.2, 0) is 16.6 Å². The molecule has 0 spiro atoms. The Labute approximate surface area is 137 Å². The lowest BCUT2D eigenvalue weighted by Crippen LogP contribution is -2.34. The zero-order chi connectivity index (χ0) is 16.4.